The molecule has 156 valence electrons. The molecule has 10 heteroatoms. The third-order valence-corrected chi connectivity index (χ3v) is 5.79. The molecule has 0 bridgehead atoms. The second kappa shape index (κ2) is 7.21. The van der Waals surface area contributed by atoms with Gasteiger partial charge in [0.25, 0.3) is 11.8 Å². The van der Waals surface area contributed by atoms with Crippen LogP contribution in [0.15, 0.2) is 24.7 Å². The van der Waals surface area contributed by atoms with Crippen molar-refractivity contribution >= 4 is 23.2 Å². The largest absolute Gasteiger partial charge is 0.474 e. The van der Waals surface area contributed by atoms with Gasteiger partial charge in [0, 0.05) is 52.6 Å². The number of carbonyl (C=O) groups is 2. The van der Waals surface area contributed by atoms with Gasteiger partial charge in [-0.25, -0.2) is 9.97 Å². The van der Waals surface area contributed by atoms with Crippen LogP contribution in [-0.2, 0) is 11.3 Å². The van der Waals surface area contributed by atoms with Gasteiger partial charge in [-0.15, -0.1) is 0 Å². The number of ether oxygens (including phenoxy) is 1. The standard InChI is InChI=1S/C20H23N7O3/c1-21-18(28)17-23-9-14(10-24-17)27-6-4-26(5-7-27)12-13-8-15-16(11-22-13)30-20(2-3-20)19(29)25-15/h8-11H,2-7,12H2,1H3,(H,21,28)(H,25,29). The highest BCUT2D eigenvalue weighted by Crippen LogP contribution is 2.46. The number of carbonyl (C=O) groups excluding carboxylic acids is 2. The predicted octanol–water partition coefficient (Wildman–Crippen LogP) is 0.417. The molecular formula is C20H23N7O3. The summed E-state index contributed by atoms with van der Waals surface area (Å²) in [7, 11) is 1.56. The first-order valence-corrected chi connectivity index (χ1v) is 10.1. The number of fused-ring (bicyclic) bond motifs is 1. The second-order valence-corrected chi connectivity index (χ2v) is 7.83. The Labute approximate surface area is 173 Å². The van der Waals surface area contributed by atoms with E-state index >= 15 is 0 Å². The van der Waals surface area contributed by atoms with Crippen LogP contribution in [-0.4, -0.2) is 70.5 Å². The molecule has 10 nitrogen and oxygen atoms in total. The zero-order chi connectivity index (χ0) is 20.7. The van der Waals surface area contributed by atoms with Crippen molar-refractivity contribution < 1.29 is 14.3 Å². The van der Waals surface area contributed by atoms with Gasteiger partial charge < -0.3 is 20.3 Å². The van der Waals surface area contributed by atoms with Crippen LogP contribution in [0, 0.1) is 0 Å². The highest BCUT2D eigenvalue weighted by molar-refractivity contribution is 6.02. The number of rotatable bonds is 4. The Morgan fingerprint density at radius 1 is 1.17 bits per heavy atom. The van der Waals surface area contributed by atoms with Crippen molar-refractivity contribution in [2.24, 2.45) is 0 Å². The summed E-state index contributed by atoms with van der Waals surface area (Å²) in [6.45, 7) is 4.09. The molecule has 1 aliphatic carbocycles. The lowest BCUT2D eigenvalue weighted by Crippen LogP contribution is -2.46. The number of hydrogen-bond donors (Lipinski definition) is 2. The van der Waals surface area contributed by atoms with E-state index in [0.717, 1.165) is 50.4 Å². The number of anilines is 2. The fraction of sp³-hybridized carbons (Fsp3) is 0.450. The predicted molar refractivity (Wildman–Crippen MR) is 108 cm³/mol. The van der Waals surface area contributed by atoms with Crippen LogP contribution in [0.1, 0.15) is 29.2 Å². The van der Waals surface area contributed by atoms with Crippen LogP contribution >= 0.6 is 0 Å². The van der Waals surface area contributed by atoms with Gasteiger partial charge >= 0.3 is 0 Å². The zero-order valence-electron chi connectivity index (χ0n) is 16.7. The molecule has 30 heavy (non-hydrogen) atoms. The van der Waals surface area contributed by atoms with Crippen molar-refractivity contribution in [1.29, 1.82) is 0 Å². The molecule has 1 saturated carbocycles. The first kappa shape index (κ1) is 18.7. The van der Waals surface area contributed by atoms with Gasteiger partial charge in [0.1, 0.15) is 0 Å². The third-order valence-electron chi connectivity index (χ3n) is 5.79. The van der Waals surface area contributed by atoms with Gasteiger partial charge in [-0.1, -0.05) is 0 Å². The van der Waals surface area contributed by atoms with Gasteiger partial charge in [-0.3, -0.25) is 19.5 Å². The van der Waals surface area contributed by atoms with E-state index in [2.05, 4.69) is 35.4 Å². The Hall–Kier alpha value is -3.27. The molecule has 2 aromatic rings. The maximum atomic E-state index is 12.2. The number of hydrogen-bond acceptors (Lipinski definition) is 8. The van der Waals surface area contributed by atoms with Gasteiger partial charge in [0.15, 0.2) is 11.4 Å². The highest BCUT2D eigenvalue weighted by atomic mass is 16.5. The Balaban J connectivity index is 1.18. The van der Waals surface area contributed by atoms with E-state index in [1.54, 1.807) is 25.6 Å². The van der Waals surface area contributed by atoms with Gasteiger partial charge in [0.05, 0.1) is 35.7 Å². The molecule has 4 heterocycles. The van der Waals surface area contributed by atoms with E-state index in [4.69, 9.17) is 4.74 Å². The van der Waals surface area contributed by atoms with Crippen molar-refractivity contribution in [1.82, 2.24) is 25.2 Å². The number of nitrogens with one attached hydrogen (secondary N) is 2. The van der Waals surface area contributed by atoms with E-state index in [-0.39, 0.29) is 17.6 Å². The fourth-order valence-corrected chi connectivity index (χ4v) is 3.79. The van der Waals surface area contributed by atoms with Gasteiger partial charge in [0.2, 0.25) is 5.82 Å². The SMILES string of the molecule is CNC(=O)c1ncc(N2CCN(Cc3cc4c(cn3)OC3(CC3)C(=O)N4)CC2)cn1. The van der Waals surface area contributed by atoms with Gasteiger partial charge in [-0.2, -0.15) is 0 Å². The summed E-state index contributed by atoms with van der Waals surface area (Å²) in [5, 5.41) is 5.48. The van der Waals surface area contributed by atoms with E-state index in [0.29, 0.717) is 18.0 Å². The Bertz CT molecular complexity index is 982. The topological polar surface area (TPSA) is 113 Å². The van der Waals surface area contributed by atoms with E-state index in [9.17, 15) is 9.59 Å². The molecule has 0 radical (unpaired) electrons. The molecule has 2 aromatic heterocycles. The Kier molecular flexibility index (Phi) is 4.50. The molecule has 2 fully saturated rings. The number of piperazine rings is 1. The summed E-state index contributed by atoms with van der Waals surface area (Å²) in [5.41, 5.74) is 1.86. The lowest BCUT2D eigenvalue weighted by molar-refractivity contribution is -0.125. The summed E-state index contributed by atoms with van der Waals surface area (Å²) < 4.78 is 5.85. The summed E-state index contributed by atoms with van der Waals surface area (Å²) >= 11 is 0. The smallest absolute Gasteiger partial charge is 0.288 e. The normalized spacial score (nSPS) is 19.6. The molecule has 1 spiro atoms. The summed E-state index contributed by atoms with van der Waals surface area (Å²) in [6.07, 6.45) is 6.63. The Morgan fingerprint density at radius 2 is 1.90 bits per heavy atom. The molecule has 2 N–H and O–H groups in total. The minimum atomic E-state index is -0.644. The quantitative estimate of drug-likeness (QED) is 0.747. The average Bonchev–Trinajstić information content (AvgIpc) is 3.55. The number of aromatic nitrogens is 3. The second-order valence-electron chi connectivity index (χ2n) is 7.83. The van der Waals surface area contributed by atoms with Crippen LogP contribution in [0.5, 0.6) is 5.75 Å². The number of nitrogens with zero attached hydrogens (tertiary/aromatic N) is 5. The maximum absolute atomic E-state index is 12.2. The monoisotopic (exact) mass is 409 g/mol. The van der Waals surface area contributed by atoms with Crippen molar-refractivity contribution in [3.63, 3.8) is 0 Å². The van der Waals surface area contributed by atoms with Crippen LogP contribution in [0.25, 0.3) is 0 Å². The fourth-order valence-electron chi connectivity index (χ4n) is 3.79. The molecule has 3 aliphatic rings. The molecule has 0 unspecified atom stereocenters. The van der Waals surface area contributed by atoms with Crippen molar-refractivity contribution in [3.8, 4) is 5.75 Å². The minimum Gasteiger partial charge on any atom is -0.474 e. The summed E-state index contributed by atoms with van der Waals surface area (Å²) in [5.74, 6) is 0.478. The first-order valence-electron chi connectivity index (χ1n) is 10.1. The zero-order valence-corrected chi connectivity index (χ0v) is 16.7. The van der Waals surface area contributed by atoms with E-state index in [1.807, 2.05) is 6.07 Å². The average molecular weight is 409 g/mol. The molecule has 2 amide bonds. The van der Waals surface area contributed by atoms with Gasteiger partial charge in [-0.05, 0) is 6.07 Å². The summed E-state index contributed by atoms with van der Waals surface area (Å²) in [4.78, 5) is 41.1. The summed E-state index contributed by atoms with van der Waals surface area (Å²) in [6, 6.07) is 1.90. The van der Waals surface area contributed by atoms with Crippen LogP contribution in [0.4, 0.5) is 11.4 Å². The number of pyridine rings is 1. The van der Waals surface area contributed by atoms with Crippen LogP contribution in [0.2, 0.25) is 0 Å². The molecule has 5 rings (SSSR count). The van der Waals surface area contributed by atoms with Crippen LogP contribution in [0.3, 0.4) is 0 Å². The molecule has 0 aromatic carbocycles. The first-order chi connectivity index (χ1) is 14.6. The molecule has 0 atom stereocenters. The van der Waals surface area contributed by atoms with Crippen molar-refractivity contribution in [2.75, 3.05) is 43.4 Å². The van der Waals surface area contributed by atoms with E-state index in [1.165, 1.54) is 0 Å². The lowest BCUT2D eigenvalue weighted by Gasteiger charge is -2.35. The molecule has 1 saturated heterocycles. The number of amides is 2. The van der Waals surface area contributed by atoms with Crippen LogP contribution < -0.4 is 20.3 Å². The highest BCUT2D eigenvalue weighted by Gasteiger charge is 2.55. The van der Waals surface area contributed by atoms with Crippen molar-refractivity contribution in [2.45, 2.75) is 25.0 Å². The third kappa shape index (κ3) is 3.43. The minimum absolute atomic E-state index is 0.0505. The molecule has 2 aliphatic heterocycles. The molecular weight excluding hydrogens is 386 g/mol. The maximum Gasteiger partial charge on any atom is 0.288 e. The van der Waals surface area contributed by atoms with E-state index < -0.39 is 5.60 Å². The van der Waals surface area contributed by atoms with Crippen molar-refractivity contribution in [3.05, 3.63) is 36.2 Å². The lowest BCUT2D eigenvalue weighted by atomic mass is 10.2. The Morgan fingerprint density at radius 3 is 2.57 bits per heavy atom.